The molecular formula is C21H18N6O3. The van der Waals surface area contributed by atoms with Crippen LogP contribution < -0.4 is 9.47 Å². The van der Waals surface area contributed by atoms with Crippen LogP contribution in [0.2, 0.25) is 0 Å². The number of hydrogen-bond donors (Lipinski definition) is 3. The largest absolute Gasteiger partial charge is 0.508 e. The van der Waals surface area contributed by atoms with Gasteiger partial charge in [0.15, 0.2) is 5.82 Å². The Morgan fingerprint density at radius 2 is 2.13 bits per heavy atom. The van der Waals surface area contributed by atoms with Gasteiger partial charge in [0.1, 0.15) is 23.9 Å². The third-order valence-electron chi connectivity index (χ3n) is 4.26. The zero-order valence-electron chi connectivity index (χ0n) is 16.0. The van der Waals surface area contributed by atoms with Crippen LogP contribution in [-0.2, 0) is 6.61 Å². The summed E-state index contributed by atoms with van der Waals surface area (Å²) in [5.41, 5.74) is 1.44. The van der Waals surface area contributed by atoms with Crippen LogP contribution in [0.1, 0.15) is 11.4 Å². The first-order valence-electron chi connectivity index (χ1n) is 9.01. The summed E-state index contributed by atoms with van der Waals surface area (Å²) in [6.45, 7) is 0.164. The fraction of sp³-hybridized carbons (Fsp3) is 0.0952. The van der Waals surface area contributed by atoms with E-state index in [-0.39, 0.29) is 24.0 Å². The highest BCUT2D eigenvalue weighted by Gasteiger charge is 2.08. The summed E-state index contributed by atoms with van der Waals surface area (Å²) in [6, 6.07) is 13.7. The van der Waals surface area contributed by atoms with Crippen molar-refractivity contribution < 1.29 is 14.6 Å². The van der Waals surface area contributed by atoms with Crippen molar-refractivity contribution in [2.24, 2.45) is 4.99 Å². The maximum atomic E-state index is 9.50. The molecule has 150 valence electrons. The first-order valence-corrected chi connectivity index (χ1v) is 9.01. The van der Waals surface area contributed by atoms with Gasteiger partial charge in [-0.3, -0.25) is 15.5 Å². The van der Waals surface area contributed by atoms with Crippen molar-refractivity contribution in [2.45, 2.75) is 6.61 Å². The maximum absolute atomic E-state index is 9.50. The minimum Gasteiger partial charge on any atom is -0.508 e. The van der Waals surface area contributed by atoms with E-state index >= 15 is 0 Å². The summed E-state index contributed by atoms with van der Waals surface area (Å²) in [5, 5.41) is 25.2. The Morgan fingerprint density at radius 3 is 2.97 bits per heavy atom. The normalized spacial score (nSPS) is 11.1. The van der Waals surface area contributed by atoms with E-state index in [1.54, 1.807) is 31.5 Å². The summed E-state index contributed by atoms with van der Waals surface area (Å²) in [5.74, 6) is 2.15. The third kappa shape index (κ3) is 4.25. The van der Waals surface area contributed by atoms with Crippen LogP contribution in [0.25, 0.3) is 10.9 Å². The Bertz CT molecular complexity index is 1230. The Labute approximate surface area is 171 Å². The second kappa shape index (κ2) is 8.39. The van der Waals surface area contributed by atoms with Crippen molar-refractivity contribution in [2.75, 3.05) is 7.11 Å². The molecule has 9 nitrogen and oxygen atoms in total. The molecule has 0 spiro atoms. The molecule has 0 fully saturated rings. The lowest BCUT2D eigenvalue weighted by atomic mass is 10.1. The number of fused-ring (bicyclic) bond motifs is 1. The number of ether oxygens (including phenoxy) is 2. The van der Waals surface area contributed by atoms with Gasteiger partial charge < -0.3 is 14.6 Å². The molecule has 0 aliphatic carbocycles. The SMILES string of the molecule is COc1ccc2c(OCc3nc(N=CC(=N)c4cccc(O)c4)n[nH]3)ccnc2c1. The predicted molar refractivity (Wildman–Crippen MR) is 112 cm³/mol. The average molecular weight is 402 g/mol. The zero-order chi connectivity index (χ0) is 20.9. The topological polar surface area (TPSA) is 129 Å². The number of nitrogens with zero attached hydrogens (tertiary/aromatic N) is 4. The minimum atomic E-state index is 0.0880. The lowest BCUT2D eigenvalue weighted by molar-refractivity contribution is 0.300. The van der Waals surface area contributed by atoms with Crippen molar-refractivity contribution in [3.8, 4) is 17.2 Å². The highest BCUT2D eigenvalue weighted by molar-refractivity contribution is 6.37. The molecule has 30 heavy (non-hydrogen) atoms. The van der Waals surface area contributed by atoms with Crippen LogP contribution >= 0.6 is 0 Å². The zero-order valence-corrected chi connectivity index (χ0v) is 16.0. The van der Waals surface area contributed by atoms with E-state index in [2.05, 4.69) is 25.2 Å². The molecule has 2 heterocycles. The van der Waals surface area contributed by atoms with Crippen molar-refractivity contribution >= 4 is 28.8 Å². The monoisotopic (exact) mass is 402 g/mol. The van der Waals surface area contributed by atoms with Crippen LogP contribution in [0, 0.1) is 5.41 Å². The molecule has 4 aromatic rings. The lowest BCUT2D eigenvalue weighted by Gasteiger charge is -2.08. The number of methoxy groups -OCH3 is 1. The Morgan fingerprint density at radius 1 is 1.23 bits per heavy atom. The van der Waals surface area contributed by atoms with Crippen molar-refractivity contribution in [1.82, 2.24) is 20.2 Å². The van der Waals surface area contributed by atoms with Gasteiger partial charge in [-0.15, -0.1) is 5.10 Å². The standard InChI is InChI=1S/C21H18N6O3/c1-29-15-5-6-16-18(10-15)23-8-7-19(16)30-12-20-25-21(27-26-20)24-11-17(22)13-3-2-4-14(28)9-13/h2-11,22,28H,12H2,1H3,(H,25,26,27). The van der Waals surface area contributed by atoms with E-state index < -0.39 is 0 Å². The number of aromatic nitrogens is 4. The number of aromatic hydroxyl groups is 1. The van der Waals surface area contributed by atoms with Gasteiger partial charge in [-0.1, -0.05) is 12.1 Å². The van der Waals surface area contributed by atoms with E-state index in [0.717, 1.165) is 16.7 Å². The highest BCUT2D eigenvalue weighted by Crippen LogP contribution is 2.27. The molecule has 0 saturated heterocycles. The molecule has 0 amide bonds. The first-order chi connectivity index (χ1) is 14.6. The van der Waals surface area contributed by atoms with E-state index in [0.29, 0.717) is 17.1 Å². The van der Waals surface area contributed by atoms with Crippen LogP contribution in [0.5, 0.6) is 17.2 Å². The lowest BCUT2D eigenvalue weighted by Crippen LogP contribution is -1.99. The number of phenolic OH excluding ortho intramolecular Hbond substituents is 1. The Balaban J connectivity index is 1.43. The molecule has 0 radical (unpaired) electrons. The van der Waals surface area contributed by atoms with E-state index in [1.807, 2.05) is 18.2 Å². The number of aliphatic imine (C=N–C) groups is 1. The fourth-order valence-electron chi connectivity index (χ4n) is 2.78. The van der Waals surface area contributed by atoms with Gasteiger partial charge in [0, 0.05) is 23.2 Å². The molecule has 2 aromatic carbocycles. The summed E-state index contributed by atoms with van der Waals surface area (Å²) < 4.78 is 11.1. The van der Waals surface area contributed by atoms with Crippen molar-refractivity contribution in [3.05, 3.63) is 66.1 Å². The molecular weight excluding hydrogens is 384 g/mol. The van der Waals surface area contributed by atoms with Gasteiger partial charge in [0.05, 0.1) is 24.6 Å². The van der Waals surface area contributed by atoms with Crippen LogP contribution in [0.15, 0.2) is 59.7 Å². The number of H-pyrrole nitrogens is 1. The van der Waals surface area contributed by atoms with E-state index in [9.17, 15) is 5.11 Å². The second-order valence-electron chi connectivity index (χ2n) is 6.29. The Kier molecular flexibility index (Phi) is 5.33. The van der Waals surface area contributed by atoms with Gasteiger partial charge >= 0.3 is 0 Å². The highest BCUT2D eigenvalue weighted by atomic mass is 16.5. The molecule has 0 aliphatic rings. The third-order valence-corrected chi connectivity index (χ3v) is 4.26. The second-order valence-corrected chi connectivity index (χ2v) is 6.29. The minimum absolute atomic E-state index is 0.0880. The number of aromatic amines is 1. The van der Waals surface area contributed by atoms with Crippen LogP contribution in [0.4, 0.5) is 5.95 Å². The molecule has 0 aliphatic heterocycles. The van der Waals surface area contributed by atoms with Gasteiger partial charge in [-0.2, -0.15) is 4.98 Å². The number of rotatable bonds is 7. The van der Waals surface area contributed by atoms with Gasteiger partial charge in [-0.25, -0.2) is 4.99 Å². The maximum Gasteiger partial charge on any atom is 0.268 e. The first kappa shape index (κ1) is 19.1. The molecule has 0 unspecified atom stereocenters. The van der Waals surface area contributed by atoms with Crippen LogP contribution in [0.3, 0.4) is 0 Å². The smallest absolute Gasteiger partial charge is 0.268 e. The average Bonchev–Trinajstić information content (AvgIpc) is 3.23. The molecule has 9 heteroatoms. The van der Waals surface area contributed by atoms with Crippen molar-refractivity contribution in [3.63, 3.8) is 0 Å². The van der Waals surface area contributed by atoms with Gasteiger partial charge in [-0.05, 0) is 30.3 Å². The van der Waals surface area contributed by atoms with Gasteiger partial charge in [0.2, 0.25) is 0 Å². The molecule has 0 atom stereocenters. The summed E-state index contributed by atoms with van der Waals surface area (Å²) in [7, 11) is 1.61. The molecule has 0 saturated carbocycles. The number of pyridine rings is 1. The number of hydrogen-bond acceptors (Lipinski definition) is 8. The van der Waals surface area contributed by atoms with Gasteiger partial charge in [0.25, 0.3) is 5.95 Å². The van der Waals surface area contributed by atoms with Crippen LogP contribution in [-0.4, -0.2) is 44.3 Å². The summed E-state index contributed by atoms with van der Waals surface area (Å²) in [4.78, 5) is 12.7. The molecule has 3 N–H and O–H groups in total. The van der Waals surface area contributed by atoms with E-state index in [4.69, 9.17) is 14.9 Å². The Hall–Kier alpha value is -4.27. The molecule has 2 aromatic heterocycles. The predicted octanol–water partition coefficient (Wildman–Crippen LogP) is 3.42. The number of nitrogens with one attached hydrogen (secondary N) is 2. The fourth-order valence-corrected chi connectivity index (χ4v) is 2.78. The number of benzene rings is 2. The molecule has 4 rings (SSSR count). The summed E-state index contributed by atoms with van der Waals surface area (Å²) >= 11 is 0. The summed E-state index contributed by atoms with van der Waals surface area (Å²) in [6.07, 6.45) is 2.99. The van der Waals surface area contributed by atoms with Crippen molar-refractivity contribution in [1.29, 1.82) is 5.41 Å². The van der Waals surface area contributed by atoms with E-state index in [1.165, 1.54) is 18.3 Å². The quantitative estimate of drug-likeness (QED) is 0.406. The number of phenols is 1. The molecule has 0 bridgehead atoms.